The molecule has 0 aromatic rings. The van der Waals surface area contributed by atoms with Gasteiger partial charge in [-0.3, -0.25) is 9.59 Å². The van der Waals surface area contributed by atoms with Crippen molar-refractivity contribution in [3.63, 3.8) is 0 Å². The van der Waals surface area contributed by atoms with Crippen LogP contribution in [0.15, 0.2) is 0 Å². The summed E-state index contributed by atoms with van der Waals surface area (Å²) in [7, 11) is 1.32. The van der Waals surface area contributed by atoms with Crippen LogP contribution in [0.1, 0.15) is 39.0 Å². The van der Waals surface area contributed by atoms with E-state index in [-0.39, 0.29) is 11.8 Å². The molecule has 1 saturated carbocycles. The first-order chi connectivity index (χ1) is 9.95. The second-order valence-electron chi connectivity index (χ2n) is 6.19. The topological polar surface area (TPSA) is 83.9 Å². The summed E-state index contributed by atoms with van der Waals surface area (Å²) in [5, 5.41) is 9.31. The van der Waals surface area contributed by atoms with Crippen LogP contribution in [-0.2, 0) is 19.1 Å². The van der Waals surface area contributed by atoms with Gasteiger partial charge in [0.25, 0.3) is 0 Å². The number of ether oxygens (including phenoxy) is 1. The molecule has 1 heterocycles. The van der Waals surface area contributed by atoms with Crippen molar-refractivity contribution < 1.29 is 24.2 Å². The molecule has 0 spiro atoms. The molecule has 118 valence electrons. The molecule has 4 atom stereocenters. The number of carboxylic acid groups (broad SMARTS) is 1. The summed E-state index contributed by atoms with van der Waals surface area (Å²) in [6, 6.07) is -0.554. The van der Waals surface area contributed by atoms with Crippen LogP contribution in [-0.4, -0.2) is 47.5 Å². The first-order valence-corrected chi connectivity index (χ1v) is 7.56. The first kappa shape index (κ1) is 15.8. The molecule has 21 heavy (non-hydrogen) atoms. The number of amides is 1. The Morgan fingerprint density at radius 3 is 2.43 bits per heavy atom. The number of piperidine rings is 1. The number of likely N-dealkylation sites (tertiary alicyclic amines) is 1. The van der Waals surface area contributed by atoms with Gasteiger partial charge in [0, 0.05) is 6.54 Å². The van der Waals surface area contributed by atoms with E-state index in [9.17, 15) is 19.5 Å². The maximum atomic E-state index is 12.7. The van der Waals surface area contributed by atoms with Gasteiger partial charge in [-0.15, -0.1) is 0 Å². The lowest BCUT2D eigenvalue weighted by Gasteiger charge is -2.36. The van der Waals surface area contributed by atoms with Crippen LogP contribution in [0.3, 0.4) is 0 Å². The molecule has 1 N–H and O–H groups in total. The van der Waals surface area contributed by atoms with Crippen LogP contribution in [0.2, 0.25) is 0 Å². The zero-order valence-electron chi connectivity index (χ0n) is 12.6. The van der Waals surface area contributed by atoms with Crippen LogP contribution in [0.25, 0.3) is 0 Å². The van der Waals surface area contributed by atoms with Gasteiger partial charge in [0.2, 0.25) is 5.91 Å². The quantitative estimate of drug-likeness (QED) is 0.793. The van der Waals surface area contributed by atoms with Gasteiger partial charge in [-0.25, -0.2) is 4.79 Å². The molecule has 4 unspecified atom stereocenters. The van der Waals surface area contributed by atoms with Crippen LogP contribution in [0.4, 0.5) is 0 Å². The monoisotopic (exact) mass is 297 g/mol. The molecule has 0 radical (unpaired) electrons. The van der Waals surface area contributed by atoms with E-state index in [1.54, 1.807) is 4.90 Å². The fourth-order valence-electron chi connectivity index (χ4n) is 3.63. The number of nitrogens with zero attached hydrogens (tertiary/aromatic N) is 1. The largest absolute Gasteiger partial charge is 0.481 e. The Balaban J connectivity index is 2.16. The third-order valence-corrected chi connectivity index (χ3v) is 4.69. The Labute approximate surface area is 124 Å². The van der Waals surface area contributed by atoms with Crippen LogP contribution in [0.5, 0.6) is 0 Å². The zero-order valence-corrected chi connectivity index (χ0v) is 12.6. The van der Waals surface area contributed by atoms with Gasteiger partial charge in [0.1, 0.15) is 6.04 Å². The Hall–Kier alpha value is -1.59. The summed E-state index contributed by atoms with van der Waals surface area (Å²) in [6.45, 7) is 2.48. The fraction of sp³-hybridized carbons (Fsp3) is 0.800. The van der Waals surface area contributed by atoms with Gasteiger partial charge in [0.15, 0.2) is 0 Å². The first-order valence-electron chi connectivity index (χ1n) is 7.56. The molecule has 0 bridgehead atoms. The maximum absolute atomic E-state index is 12.7. The van der Waals surface area contributed by atoms with Crippen molar-refractivity contribution in [3.8, 4) is 0 Å². The van der Waals surface area contributed by atoms with Gasteiger partial charge < -0.3 is 14.7 Å². The number of esters is 1. The average molecular weight is 297 g/mol. The van der Waals surface area contributed by atoms with Crippen molar-refractivity contribution in [2.24, 2.45) is 17.8 Å². The number of carbonyl (C=O) groups is 3. The highest BCUT2D eigenvalue weighted by molar-refractivity contribution is 5.89. The molecule has 1 saturated heterocycles. The predicted octanol–water partition coefficient (Wildman–Crippen LogP) is 1.29. The average Bonchev–Trinajstić information content (AvgIpc) is 2.88. The highest BCUT2D eigenvalue weighted by Crippen LogP contribution is 2.38. The molecule has 2 rings (SSSR count). The number of carboxylic acids is 1. The molecule has 6 nitrogen and oxygen atoms in total. The summed E-state index contributed by atoms with van der Waals surface area (Å²) in [4.78, 5) is 37.5. The molecule has 0 aromatic heterocycles. The molecule has 0 aromatic carbocycles. The third kappa shape index (κ3) is 3.19. The van der Waals surface area contributed by atoms with E-state index in [2.05, 4.69) is 0 Å². The van der Waals surface area contributed by atoms with Crippen LogP contribution >= 0.6 is 0 Å². The summed E-state index contributed by atoms with van der Waals surface area (Å²) >= 11 is 0. The van der Waals surface area contributed by atoms with E-state index in [1.807, 2.05) is 6.92 Å². The van der Waals surface area contributed by atoms with E-state index < -0.39 is 29.8 Å². The second-order valence-corrected chi connectivity index (χ2v) is 6.19. The SMILES string of the molecule is COC(=O)C1CCCCN1C(=O)C1CC(C)CC1C(=O)O. The minimum Gasteiger partial charge on any atom is -0.481 e. The van der Waals surface area contributed by atoms with Crippen LogP contribution in [0, 0.1) is 17.8 Å². The van der Waals surface area contributed by atoms with Gasteiger partial charge in [-0.1, -0.05) is 6.92 Å². The summed E-state index contributed by atoms with van der Waals surface area (Å²) in [5.74, 6) is -2.43. The van der Waals surface area contributed by atoms with Gasteiger partial charge in [0.05, 0.1) is 18.9 Å². The lowest BCUT2D eigenvalue weighted by Crippen LogP contribution is -2.51. The van der Waals surface area contributed by atoms with Crippen molar-refractivity contribution >= 4 is 17.8 Å². The van der Waals surface area contributed by atoms with Crippen molar-refractivity contribution in [2.75, 3.05) is 13.7 Å². The number of aliphatic carboxylic acids is 1. The molecule has 1 amide bonds. The van der Waals surface area contributed by atoms with E-state index in [1.165, 1.54) is 7.11 Å². The van der Waals surface area contributed by atoms with E-state index in [0.29, 0.717) is 25.8 Å². The number of hydrogen-bond donors (Lipinski definition) is 1. The van der Waals surface area contributed by atoms with E-state index in [0.717, 1.165) is 12.8 Å². The minimum atomic E-state index is -0.913. The molecule has 2 aliphatic rings. The van der Waals surface area contributed by atoms with Crippen molar-refractivity contribution in [2.45, 2.75) is 45.1 Å². The normalized spacial score (nSPS) is 32.8. The summed E-state index contributed by atoms with van der Waals surface area (Å²) < 4.78 is 4.78. The van der Waals surface area contributed by atoms with E-state index >= 15 is 0 Å². The Bertz CT molecular complexity index is 436. The Morgan fingerprint density at radius 1 is 1.14 bits per heavy atom. The Kier molecular flexibility index (Phi) is 4.85. The third-order valence-electron chi connectivity index (χ3n) is 4.69. The second kappa shape index (κ2) is 6.45. The maximum Gasteiger partial charge on any atom is 0.328 e. The molecule has 1 aliphatic carbocycles. The predicted molar refractivity (Wildman–Crippen MR) is 74.4 cm³/mol. The number of hydrogen-bond acceptors (Lipinski definition) is 4. The van der Waals surface area contributed by atoms with Gasteiger partial charge >= 0.3 is 11.9 Å². The highest BCUT2D eigenvalue weighted by atomic mass is 16.5. The summed E-state index contributed by atoms with van der Waals surface area (Å²) in [6.07, 6.45) is 3.44. The van der Waals surface area contributed by atoms with Crippen molar-refractivity contribution in [3.05, 3.63) is 0 Å². The number of rotatable bonds is 3. The standard InChI is InChI=1S/C15H23NO5/c1-9-7-10(11(8-9)14(18)19)13(17)16-6-4-3-5-12(16)15(20)21-2/h9-12H,3-8H2,1-2H3,(H,18,19). The lowest BCUT2D eigenvalue weighted by molar-refractivity contribution is -0.158. The molecular formula is C15H23NO5. The smallest absolute Gasteiger partial charge is 0.328 e. The van der Waals surface area contributed by atoms with Crippen molar-refractivity contribution in [1.82, 2.24) is 4.90 Å². The molecule has 1 aliphatic heterocycles. The molecule has 6 heteroatoms. The highest BCUT2D eigenvalue weighted by Gasteiger charge is 2.45. The van der Waals surface area contributed by atoms with E-state index in [4.69, 9.17) is 4.74 Å². The van der Waals surface area contributed by atoms with Gasteiger partial charge in [-0.2, -0.15) is 0 Å². The lowest BCUT2D eigenvalue weighted by atomic mass is 9.92. The zero-order chi connectivity index (χ0) is 15.6. The summed E-state index contributed by atoms with van der Waals surface area (Å²) in [5.41, 5.74) is 0. The number of methoxy groups -OCH3 is 1. The minimum absolute atomic E-state index is 0.193. The molecule has 2 fully saturated rings. The Morgan fingerprint density at radius 2 is 1.81 bits per heavy atom. The molecular weight excluding hydrogens is 274 g/mol. The van der Waals surface area contributed by atoms with Crippen molar-refractivity contribution in [1.29, 1.82) is 0 Å². The van der Waals surface area contributed by atoms with Crippen LogP contribution < -0.4 is 0 Å². The number of carbonyl (C=O) groups excluding carboxylic acids is 2. The fourth-order valence-corrected chi connectivity index (χ4v) is 3.63. The van der Waals surface area contributed by atoms with Gasteiger partial charge in [-0.05, 0) is 38.0 Å².